The lowest BCUT2D eigenvalue weighted by Gasteiger charge is -2.17. The van der Waals surface area contributed by atoms with Gasteiger partial charge in [0.15, 0.2) is 0 Å². The molecule has 0 rings (SSSR count). The normalized spacial score (nSPS) is 12.1. The molecule has 0 atom stereocenters. The van der Waals surface area contributed by atoms with E-state index < -0.39 is 0 Å². The van der Waals surface area contributed by atoms with Gasteiger partial charge in [-0.25, -0.2) is 5.43 Å². The first-order valence-corrected chi connectivity index (χ1v) is 4.08. The molecular formula is C9H15N3O. The molecule has 0 aliphatic heterocycles. The number of hydrogen-bond acceptors (Lipinski definition) is 3. The van der Waals surface area contributed by atoms with Gasteiger partial charge in [-0.1, -0.05) is 20.8 Å². The molecule has 72 valence electrons. The molecule has 0 bridgehead atoms. The number of hydrazone groups is 1. The summed E-state index contributed by atoms with van der Waals surface area (Å²) in [4.78, 5) is 10.8. The summed E-state index contributed by atoms with van der Waals surface area (Å²) < 4.78 is 0. The van der Waals surface area contributed by atoms with Crippen LogP contribution in [0.1, 0.15) is 34.1 Å². The van der Waals surface area contributed by atoms with Crippen LogP contribution in [0.2, 0.25) is 0 Å². The zero-order valence-electron chi connectivity index (χ0n) is 8.51. The molecule has 0 aromatic heterocycles. The van der Waals surface area contributed by atoms with Gasteiger partial charge in [0.2, 0.25) is 0 Å². The van der Waals surface area contributed by atoms with Crippen molar-refractivity contribution in [2.75, 3.05) is 0 Å². The highest BCUT2D eigenvalue weighted by Crippen LogP contribution is 2.14. The quantitative estimate of drug-likeness (QED) is 0.517. The lowest BCUT2D eigenvalue weighted by atomic mass is 9.91. The van der Waals surface area contributed by atoms with E-state index in [4.69, 9.17) is 5.26 Å². The Morgan fingerprint density at radius 1 is 1.54 bits per heavy atom. The summed E-state index contributed by atoms with van der Waals surface area (Å²) in [7, 11) is 0. The Morgan fingerprint density at radius 3 is 2.46 bits per heavy atom. The maximum atomic E-state index is 10.8. The van der Waals surface area contributed by atoms with E-state index in [2.05, 4.69) is 10.5 Å². The molecule has 0 fully saturated rings. The summed E-state index contributed by atoms with van der Waals surface area (Å²) >= 11 is 0. The third kappa shape index (κ3) is 4.96. The Morgan fingerprint density at radius 2 is 2.08 bits per heavy atom. The van der Waals surface area contributed by atoms with E-state index in [9.17, 15) is 4.79 Å². The molecule has 13 heavy (non-hydrogen) atoms. The van der Waals surface area contributed by atoms with E-state index in [1.807, 2.05) is 27.7 Å². The van der Waals surface area contributed by atoms with Crippen LogP contribution in [0.15, 0.2) is 5.10 Å². The molecule has 0 aromatic carbocycles. The molecule has 0 aliphatic carbocycles. The topological polar surface area (TPSA) is 65.2 Å². The first-order valence-electron chi connectivity index (χ1n) is 4.08. The Labute approximate surface area is 78.6 Å². The summed E-state index contributed by atoms with van der Waals surface area (Å²) in [6, 6.07) is 1.75. The van der Waals surface area contributed by atoms with Gasteiger partial charge in [0.25, 0.3) is 5.91 Å². The zero-order valence-corrected chi connectivity index (χ0v) is 8.51. The van der Waals surface area contributed by atoms with Gasteiger partial charge in [-0.05, 0) is 6.92 Å². The minimum absolute atomic E-state index is 0.0556. The molecule has 1 amide bonds. The number of carbonyl (C=O) groups is 1. The minimum atomic E-state index is -0.369. The van der Waals surface area contributed by atoms with Crippen molar-refractivity contribution in [1.82, 2.24) is 5.43 Å². The number of nitrogens with zero attached hydrogens (tertiary/aromatic N) is 2. The first-order chi connectivity index (χ1) is 5.88. The second kappa shape index (κ2) is 4.61. The zero-order chi connectivity index (χ0) is 10.5. The van der Waals surface area contributed by atoms with E-state index in [0.717, 1.165) is 5.71 Å². The average Bonchev–Trinajstić information content (AvgIpc) is 1.99. The predicted octanol–water partition coefficient (Wildman–Crippen LogP) is 1.44. The monoisotopic (exact) mass is 181 g/mol. The predicted molar refractivity (Wildman–Crippen MR) is 50.9 cm³/mol. The van der Waals surface area contributed by atoms with Crippen LogP contribution >= 0.6 is 0 Å². The molecule has 0 heterocycles. The summed E-state index contributed by atoms with van der Waals surface area (Å²) in [5.41, 5.74) is 3.09. The summed E-state index contributed by atoms with van der Waals surface area (Å²) in [6.07, 6.45) is -0.152. The van der Waals surface area contributed by atoms with E-state index in [0.29, 0.717) is 0 Å². The second-order valence-corrected chi connectivity index (χ2v) is 3.82. The Balaban J connectivity index is 4.14. The molecule has 0 spiro atoms. The van der Waals surface area contributed by atoms with Crippen LogP contribution in [-0.2, 0) is 4.79 Å². The molecular weight excluding hydrogens is 166 g/mol. The maximum absolute atomic E-state index is 10.8. The fourth-order valence-corrected chi connectivity index (χ4v) is 0.425. The van der Waals surface area contributed by atoms with Crippen molar-refractivity contribution in [3.8, 4) is 6.07 Å². The van der Waals surface area contributed by atoms with Crippen molar-refractivity contribution in [3.05, 3.63) is 0 Å². The molecule has 1 N–H and O–H groups in total. The SMILES string of the molecule is C/C(=N/NC(=O)CC#N)C(C)(C)C. The van der Waals surface area contributed by atoms with E-state index in [1.54, 1.807) is 6.07 Å². The first kappa shape index (κ1) is 11.6. The highest BCUT2D eigenvalue weighted by atomic mass is 16.2. The van der Waals surface area contributed by atoms with Crippen LogP contribution in [0, 0.1) is 16.7 Å². The molecule has 0 saturated heterocycles. The van der Waals surface area contributed by atoms with Crippen LogP contribution in [0.25, 0.3) is 0 Å². The Kier molecular flexibility index (Phi) is 4.12. The maximum Gasteiger partial charge on any atom is 0.254 e. The number of amides is 1. The second-order valence-electron chi connectivity index (χ2n) is 3.82. The average molecular weight is 181 g/mol. The highest BCUT2D eigenvalue weighted by Gasteiger charge is 2.14. The smallest absolute Gasteiger partial charge is 0.254 e. The van der Waals surface area contributed by atoms with Crippen LogP contribution < -0.4 is 5.43 Å². The molecule has 4 heteroatoms. The number of nitriles is 1. The molecule has 0 radical (unpaired) electrons. The minimum Gasteiger partial charge on any atom is -0.272 e. The lowest BCUT2D eigenvalue weighted by Crippen LogP contribution is -2.24. The van der Waals surface area contributed by atoms with Gasteiger partial charge in [0.05, 0.1) is 6.07 Å². The van der Waals surface area contributed by atoms with Crippen molar-refractivity contribution in [3.63, 3.8) is 0 Å². The summed E-state index contributed by atoms with van der Waals surface area (Å²) in [6.45, 7) is 7.85. The van der Waals surface area contributed by atoms with Gasteiger partial charge < -0.3 is 0 Å². The molecule has 4 nitrogen and oxygen atoms in total. The number of carbonyl (C=O) groups excluding carboxylic acids is 1. The molecule has 0 aromatic rings. The van der Waals surface area contributed by atoms with Crippen molar-refractivity contribution < 1.29 is 4.79 Å². The summed E-state index contributed by atoms with van der Waals surface area (Å²) in [5.74, 6) is -0.369. The van der Waals surface area contributed by atoms with Crippen molar-refractivity contribution >= 4 is 11.6 Å². The van der Waals surface area contributed by atoms with Gasteiger partial charge in [-0.15, -0.1) is 0 Å². The van der Waals surface area contributed by atoms with Crippen molar-refractivity contribution in [2.24, 2.45) is 10.5 Å². The molecule has 0 saturated carbocycles. The Hall–Kier alpha value is -1.37. The van der Waals surface area contributed by atoms with E-state index in [1.165, 1.54) is 0 Å². The van der Waals surface area contributed by atoms with Gasteiger partial charge in [-0.2, -0.15) is 10.4 Å². The molecule has 0 unspecified atom stereocenters. The highest BCUT2D eigenvalue weighted by molar-refractivity contribution is 5.88. The number of nitrogens with one attached hydrogen (secondary N) is 1. The molecule has 0 aliphatic rings. The van der Waals surface area contributed by atoms with Gasteiger partial charge in [0, 0.05) is 11.1 Å². The van der Waals surface area contributed by atoms with E-state index in [-0.39, 0.29) is 17.7 Å². The standard InChI is InChI=1S/C9H15N3O/c1-7(9(2,3)4)11-12-8(13)5-6-10/h5H2,1-4H3,(H,12,13)/b11-7-. The van der Waals surface area contributed by atoms with Gasteiger partial charge >= 0.3 is 0 Å². The van der Waals surface area contributed by atoms with Crippen molar-refractivity contribution in [2.45, 2.75) is 34.1 Å². The number of rotatable bonds is 2. The fraction of sp³-hybridized carbons (Fsp3) is 0.667. The Bertz CT molecular complexity index is 255. The van der Waals surface area contributed by atoms with Crippen LogP contribution in [0.5, 0.6) is 0 Å². The van der Waals surface area contributed by atoms with Gasteiger partial charge in [-0.3, -0.25) is 4.79 Å². The van der Waals surface area contributed by atoms with Crippen LogP contribution in [-0.4, -0.2) is 11.6 Å². The van der Waals surface area contributed by atoms with Crippen LogP contribution in [0.3, 0.4) is 0 Å². The van der Waals surface area contributed by atoms with Crippen LogP contribution in [0.4, 0.5) is 0 Å². The third-order valence-electron chi connectivity index (χ3n) is 1.67. The largest absolute Gasteiger partial charge is 0.272 e. The van der Waals surface area contributed by atoms with Gasteiger partial charge in [0.1, 0.15) is 6.42 Å². The third-order valence-corrected chi connectivity index (χ3v) is 1.67. The fourth-order valence-electron chi connectivity index (χ4n) is 0.425. The lowest BCUT2D eigenvalue weighted by molar-refractivity contribution is -0.120. The summed E-state index contributed by atoms with van der Waals surface area (Å²) in [5, 5.41) is 12.1. The van der Waals surface area contributed by atoms with Crippen molar-refractivity contribution in [1.29, 1.82) is 5.26 Å². The van der Waals surface area contributed by atoms with E-state index >= 15 is 0 Å². The number of hydrogen-bond donors (Lipinski definition) is 1.